The van der Waals surface area contributed by atoms with Crippen LogP contribution in [0.2, 0.25) is 5.02 Å². The number of carbonyl (C=O) groups is 1. The molecule has 1 aliphatic rings. The first kappa shape index (κ1) is 16.9. The number of fused-ring (bicyclic) bond motifs is 1. The summed E-state index contributed by atoms with van der Waals surface area (Å²) in [6.45, 7) is 2.30. The summed E-state index contributed by atoms with van der Waals surface area (Å²) in [5.74, 6) is 1.75. The van der Waals surface area contributed by atoms with Gasteiger partial charge in [0, 0.05) is 11.6 Å². The lowest BCUT2D eigenvalue weighted by Crippen LogP contribution is -2.35. The molecular weight excluding hydrogens is 398 g/mol. The standard InChI is InChI=1S/C17H15BrClNO4/c1-10(24-14-5-3-12(19)7-13(14)18)17(21)20-8-11-2-4-15-16(6-11)23-9-22-15/h2-7,10H,8-9H2,1H3,(H,20,21)/t10-/m0/s1. The molecule has 5 nitrogen and oxygen atoms in total. The lowest BCUT2D eigenvalue weighted by molar-refractivity contribution is -0.127. The van der Waals surface area contributed by atoms with Gasteiger partial charge in [-0.05, 0) is 58.7 Å². The van der Waals surface area contributed by atoms with Gasteiger partial charge in [-0.15, -0.1) is 0 Å². The summed E-state index contributed by atoms with van der Waals surface area (Å²) in [4.78, 5) is 12.2. The molecule has 0 unspecified atom stereocenters. The number of nitrogens with one attached hydrogen (secondary N) is 1. The quantitative estimate of drug-likeness (QED) is 0.809. The summed E-state index contributed by atoms with van der Waals surface area (Å²) in [5, 5.41) is 3.43. The lowest BCUT2D eigenvalue weighted by atomic mass is 10.2. The summed E-state index contributed by atoms with van der Waals surface area (Å²) in [6.07, 6.45) is -0.642. The highest BCUT2D eigenvalue weighted by Gasteiger charge is 2.17. The molecule has 24 heavy (non-hydrogen) atoms. The molecule has 1 N–H and O–H groups in total. The second-order valence-corrected chi connectivity index (χ2v) is 6.53. The van der Waals surface area contributed by atoms with Crippen LogP contribution >= 0.6 is 27.5 Å². The van der Waals surface area contributed by atoms with E-state index in [1.54, 1.807) is 25.1 Å². The maximum atomic E-state index is 12.2. The lowest BCUT2D eigenvalue weighted by Gasteiger charge is -2.16. The van der Waals surface area contributed by atoms with Crippen LogP contribution in [0.4, 0.5) is 0 Å². The monoisotopic (exact) mass is 411 g/mol. The van der Waals surface area contributed by atoms with Crippen molar-refractivity contribution in [3.63, 3.8) is 0 Å². The normalized spacial score (nSPS) is 13.5. The fraction of sp³-hybridized carbons (Fsp3) is 0.235. The second kappa shape index (κ2) is 7.32. The Morgan fingerprint density at radius 2 is 2.08 bits per heavy atom. The molecule has 0 aromatic heterocycles. The molecule has 0 radical (unpaired) electrons. The highest BCUT2D eigenvalue weighted by atomic mass is 79.9. The van der Waals surface area contributed by atoms with Crippen LogP contribution in [-0.2, 0) is 11.3 Å². The molecule has 1 aliphatic heterocycles. The van der Waals surface area contributed by atoms with Gasteiger partial charge in [0.15, 0.2) is 17.6 Å². The number of amides is 1. The van der Waals surface area contributed by atoms with Gasteiger partial charge in [0.1, 0.15) is 5.75 Å². The number of hydrogen-bond donors (Lipinski definition) is 1. The van der Waals surface area contributed by atoms with Crippen LogP contribution in [0.15, 0.2) is 40.9 Å². The molecule has 1 amide bonds. The molecule has 7 heteroatoms. The van der Waals surface area contributed by atoms with Gasteiger partial charge in [-0.2, -0.15) is 0 Å². The summed E-state index contributed by atoms with van der Waals surface area (Å²) in [6, 6.07) is 10.7. The van der Waals surface area contributed by atoms with Crippen molar-refractivity contribution in [1.82, 2.24) is 5.32 Å². The van der Waals surface area contributed by atoms with Crippen LogP contribution in [0, 0.1) is 0 Å². The first-order valence-corrected chi connectivity index (χ1v) is 8.48. The third-order valence-electron chi connectivity index (χ3n) is 3.47. The second-order valence-electron chi connectivity index (χ2n) is 5.24. The van der Waals surface area contributed by atoms with E-state index in [1.165, 1.54) is 0 Å². The molecule has 0 fully saturated rings. The first-order valence-electron chi connectivity index (χ1n) is 7.31. The van der Waals surface area contributed by atoms with Crippen LogP contribution in [0.3, 0.4) is 0 Å². The molecule has 3 rings (SSSR count). The van der Waals surface area contributed by atoms with Crippen molar-refractivity contribution >= 4 is 33.4 Å². The van der Waals surface area contributed by atoms with E-state index >= 15 is 0 Å². The summed E-state index contributed by atoms with van der Waals surface area (Å²) in [7, 11) is 0. The van der Waals surface area contributed by atoms with Crippen molar-refractivity contribution in [2.24, 2.45) is 0 Å². The van der Waals surface area contributed by atoms with E-state index in [0.29, 0.717) is 27.5 Å². The number of rotatable bonds is 5. The van der Waals surface area contributed by atoms with Crippen LogP contribution in [0.25, 0.3) is 0 Å². The Balaban J connectivity index is 1.56. The Hall–Kier alpha value is -1.92. The molecule has 0 saturated carbocycles. The number of ether oxygens (including phenoxy) is 3. The van der Waals surface area contributed by atoms with Crippen molar-refractivity contribution in [1.29, 1.82) is 0 Å². The maximum absolute atomic E-state index is 12.2. The summed E-state index contributed by atoms with van der Waals surface area (Å²) < 4.78 is 16.9. The first-order chi connectivity index (χ1) is 11.5. The van der Waals surface area contributed by atoms with E-state index in [9.17, 15) is 4.79 Å². The molecule has 2 aromatic carbocycles. The minimum absolute atomic E-state index is 0.213. The topological polar surface area (TPSA) is 56.8 Å². The number of carbonyl (C=O) groups excluding carboxylic acids is 1. The van der Waals surface area contributed by atoms with Crippen molar-refractivity contribution in [2.45, 2.75) is 19.6 Å². The minimum Gasteiger partial charge on any atom is -0.480 e. The van der Waals surface area contributed by atoms with Crippen molar-refractivity contribution in [3.05, 3.63) is 51.5 Å². The molecule has 0 aliphatic carbocycles. The van der Waals surface area contributed by atoms with Crippen LogP contribution in [0.1, 0.15) is 12.5 Å². The van der Waals surface area contributed by atoms with E-state index in [2.05, 4.69) is 21.2 Å². The maximum Gasteiger partial charge on any atom is 0.261 e. The van der Waals surface area contributed by atoms with Crippen LogP contribution in [0.5, 0.6) is 17.2 Å². The van der Waals surface area contributed by atoms with Crippen LogP contribution in [-0.4, -0.2) is 18.8 Å². The van der Waals surface area contributed by atoms with E-state index in [1.807, 2.05) is 18.2 Å². The summed E-state index contributed by atoms with van der Waals surface area (Å²) >= 11 is 9.25. The van der Waals surface area contributed by atoms with Gasteiger partial charge in [-0.1, -0.05) is 17.7 Å². The Labute approximate surface area is 153 Å². The van der Waals surface area contributed by atoms with Gasteiger partial charge in [-0.25, -0.2) is 0 Å². The van der Waals surface area contributed by atoms with Crippen molar-refractivity contribution in [2.75, 3.05) is 6.79 Å². The molecule has 1 heterocycles. The zero-order chi connectivity index (χ0) is 17.1. The predicted molar refractivity (Wildman–Crippen MR) is 93.7 cm³/mol. The average Bonchev–Trinajstić information content (AvgIpc) is 3.02. The number of benzene rings is 2. The Bertz CT molecular complexity index is 768. The Kier molecular flexibility index (Phi) is 5.16. The highest BCUT2D eigenvalue weighted by molar-refractivity contribution is 9.10. The van der Waals surface area contributed by atoms with Gasteiger partial charge >= 0.3 is 0 Å². The molecule has 0 saturated heterocycles. The third-order valence-corrected chi connectivity index (χ3v) is 4.33. The van der Waals surface area contributed by atoms with Gasteiger partial charge < -0.3 is 19.5 Å². The fourth-order valence-electron chi connectivity index (χ4n) is 2.20. The predicted octanol–water partition coefficient (Wildman–Crippen LogP) is 3.91. The van der Waals surface area contributed by atoms with E-state index in [0.717, 1.165) is 11.3 Å². The highest BCUT2D eigenvalue weighted by Crippen LogP contribution is 2.32. The van der Waals surface area contributed by atoms with E-state index in [-0.39, 0.29) is 12.7 Å². The smallest absolute Gasteiger partial charge is 0.261 e. The van der Waals surface area contributed by atoms with Gasteiger partial charge in [0.2, 0.25) is 6.79 Å². The summed E-state index contributed by atoms with van der Waals surface area (Å²) in [5.41, 5.74) is 0.924. The molecule has 2 aromatic rings. The Morgan fingerprint density at radius 3 is 2.88 bits per heavy atom. The van der Waals surface area contributed by atoms with Crippen molar-refractivity contribution in [3.8, 4) is 17.2 Å². The Morgan fingerprint density at radius 1 is 1.29 bits per heavy atom. The molecule has 126 valence electrons. The zero-order valence-electron chi connectivity index (χ0n) is 12.8. The SMILES string of the molecule is C[C@H](Oc1ccc(Cl)cc1Br)C(=O)NCc1ccc2c(c1)OCO2. The van der Waals surface area contributed by atoms with Crippen molar-refractivity contribution < 1.29 is 19.0 Å². The number of hydrogen-bond acceptors (Lipinski definition) is 4. The molecular formula is C17H15BrClNO4. The molecule has 1 atom stereocenters. The number of halogens is 2. The third kappa shape index (κ3) is 3.94. The zero-order valence-corrected chi connectivity index (χ0v) is 15.2. The van der Waals surface area contributed by atoms with E-state index < -0.39 is 6.10 Å². The van der Waals surface area contributed by atoms with Crippen LogP contribution < -0.4 is 19.5 Å². The molecule has 0 bridgehead atoms. The van der Waals surface area contributed by atoms with Gasteiger partial charge in [-0.3, -0.25) is 4.79 Å². The minimum atomic E-state index is -0.642. The van der Waals surface area contributed by atoms with Gasteiger partial charge in [0.25, 0.3) is 5.91 Å². The van der Waals surface area contributed by atoms with Gasteiger partial charge in [0.05, 0.1) is 4.47 Å². The molecule has 0 spiro atoms. The average molecular weight is 413 g/mol. The van der Waals surface area contributed by atoms with E-state index in [4.69, 9.17) is 25.8 Å². The fourth-order valence-corrected chi connectivity index (χ4v) is 2.97. The largest absolute Gasteiger partial charge is 0.480 e.